The minimum absolute atomic E-state index is 0.537. The van der Waals surface area contributed by atoms with Gasteiger partial charge >= 0.3 is 0 Å². The molecular weight excluding hydrogens is 280 g/mol. The van der Waals surface area contributed by atoms with Gasteiger partial charge in [-0.05, 0) is 55.1 Å². The maximum Gasteiger partial charge on any atom is 0.154 e. The Morgan fingerprint density at radius 2 is 2.05 bits per heavy atom. The highest BCUT2D eigenvalue weighted by molar-refractivity contribution is 7.10. The molecule has 0 bridgehead atoms. The average molecular weight is 293 g/mol. The fourth-order valence-corrected chi connectivity index (χ4v) is 3.41. The first kappa shape index (κ1) is 12.7. The summed E-state index contributed by atoms with van der Waals surface area (Å²) in [5.41, 5.74) is 0.673. The molecule has 0 saturated heterocycles. The largest absolute Gasteiger partial charge is 0.458 e. The van der Waals surface area contributed by atoms with E-state index in [2.05, 4.69) is 0 Å². The predicted molar refractivity (Wildman–Crippen MR) is 79.0 cm³/mol. The van der Waals surface area contributed by atoms with Gasteiger partial charge in [0.05, 0.1) is 0 Å². The fourth-order valence-electron chi connectivity index (χ4n) is 2.24. The standard InChI is InChI=1S/C15H13ClO2S/c1-9-5-6-19-14(9)15(2,17)13-8-10-7-11(16)3-4-12(10)18-13/h3-8,17H,1-2H3. The molecule has 0 amide bonds. The monoisotopic (exact) mass is 292 g/mol. The van der Waals surface area contributed by atoms with Crippen molar-refractivity contribution in [1.29, 1.82) is 0 Å². The lowest BCUT2D eigenvalue weighted by molar-refractivity contribution is 0.0818. The van der Waals surface area contributed by atoms with Gasteiger partial charge in [0.2, 0.25) is 0 Å². The third-order valence-corrected chi connectivity index (χ3v) is 4.72. The third-order valence-electron chi connectivity index (χ3n) is 3.26. The smallest absolute Gasteiger partial charge is 0.154 e. The molecule has 98 valence electrons. The molecule has 3 aromatic rings. The van der Waals surface area contributed by atoms with Gasteiger partial charge in [-0.25, -0.2) is 0 Å². The van der Waals surface area contributed by atoms with Gasteiger partial charge in [-0.2, -0.15) is 0 Å². The lowest BCUT2D eigenvalue weighted by atomic mass is 9.98. The van der Waals surface area contributed by atoms with Crippen LogP contribution in [0, 0.1) is 6.92 Å². The molecule has 2 heterocycles. The molecule has 1 unspecified atom stereocenters. The number of aliphatic hydroxyl groups is 1. The summed E-state index contributed by atoms with van der Waals surface area (Å²) in [7, 11) is 0. The van der Waals surface area contributed by atoms with Gasteiger partial charge in [0, 0.05) is 15.3 Å². The lowest BCUT2D eigenvalue weighted by Crippen LogP contribution is -2.21. The first-order chi connectivity index (χ1) is 8.98. The molecule has 19 heavy (non-hydrogen) atoms. The van der Waals surface area contributed by atoms with Gasteiger partial charge in [-0.15, -0.1) is 11.3 Å². The number of halogens is 1. The molecule has 0 saturated carbocycles. The number of aryl methyl sites for hydroxylation is 1. The lowest BCUT2D eigenvalue weighted by Gasteiger charge is -2.20. The van der Waals surface area contributed by atoms with Crippen molar-refractivity contribution < 1.29 is 9.52 Å². The maximum absolute atomic E-state index is 10.8. The molecule has 3 rings (SSSR count). The van der Waals surface area contributed by atoms with E-state index < -0.39 is 5.60 Å². The van der Waals surface area contributed by atoms with E-state index >= 15 is 0 Å². The van der Waals surface area contributed by atoms with E-state index in [0.717, 1.165) is 21.4 Å². The summed E-state index contributed by atoms with van der Waals surface area (Å²) in [6.07, 6.45) is 0. The fraction of sp³-hybridized carbons (Fsp3) is 0.200. The number of furan rings is 1. The molecule has 0 aliphatic rings. The van der Waals surface area contributed by atoms with Crippen LogP contribution in [0.1, 0.15) is 23.1 Å². The zero-order valence-electron chi connectivity index (χ0n) is 10.6. The van der Waals surface area contributed by atoms with Crippen molar-refractivity contribution >= 4 is 33.9 Å². The van der Waals surface area contributed by atoms with E-state index in [1.807, 2.05) is 36.6 Å². The van der Waals surface area contributed by atoms with Gasteiger partial charge in [0.15, 0.2) is 5.60 Å². The quantitative estimate of drug-likeness (QED) is 0.742. The average Bonchev–Trinajstić information content (AvgIpc) is 2.94. The Labute approximate surface area is 120 Å². The maximum atomic E-state index is 10.8. The number of rotatable bonds is 2. The highest BCUT2D eigenvalue weighted by Gasteiger charge is 2.32. The Morgan fingerprint density at radius 3 is 2.74 bits per heavy atom. The number of hydrogen-bond donors (Lipinski definition) is 1. The molecule has 0 aliphatic heterocycles. The van der Waals surface area contributed by atoms with Gasteiger partial charge < -0.3 is 9.52 Å². The Morgan fingerprint density at radius 1 is 1.26 bits per heavy atom. The highest BCUT2D eigenvalue weighted by Crippen LogP contribution is 2.37. The molecule has 1 atom stereocenters. The van der Waals surface area contributed by atoms with Crippen LogP contribution in [0.15, 0.2) is 40.1 Å². The van der Waals surface area contributed by atoms with Crippen molar-refractivity contribution in [1.82, 2.24) is 0 Å². The van der Waals surface area contributed by atoms with Crippen LogP contribution in [0.25, 0.3) is 11.0 Å². The van der Waals surface area contributed by atoms with Crippen LogP contribution < -0.4 is 0 Å². The van der Waals surface area contributed by atoms with Gasteiger partial charge in [-0.1, -0.05) is 11.6 Å². The summed E-state index contributed by atoms with van der Waals surface area (Å²) >= 11 is 7.49. The molecule has 0 spiro atoms. The number of thiophene rings is 1. The summed E-state index contributed by atoms with van der Waals surface area (Å²) in [5, 5.41) is 14.3. The Bertz CT molecular complexity index is 740. The van der Waals surface area contributed by atoms with E-state index in [4.69, 9.17) is 16.0 Å². The molecule has 1 aromatic carbocycles. The third kappa shape index (κ3) is 2.08. The summed E-state index contributed by atoms with van der Waals surface area (Å²) in [5.74, 6) is 0.537. The summed E-state index contributed by atoms with van der Waals surface area (Å²) in [4.78, 5) is 0.901. The van der Waals surface area contributed by atoms with Crippen LogP contribution in [0.5, 0.6) is 0 Å². The first-order valence-electron chi connectivity index (χ1n) is 5.95. The minimum atomic E-state index is -1.12. The van der Waals surface area contributed by atoms with Gasteiger partial charge in [0.25, 0.3) is 0 Å². The Balaban J connectivity index is 2.15. The van der Waals surface area contributed by atoms with Crippen LogP contribution >= 0.6 is 22.9 Å². The van der Waals surface area contributed by atoms with E-state index in [9.17, 15) is 5.11 Å². The van der Waals surface area contributed by atoms with Crippen molar-refractivity contribution in [3.63, 3.8) is 0 Å². The van der Waals surface area contributed by atoms with Gasteiger partial charge in [0.1, 0.15) is 11.3 Å². The first-order valence-corrected chi connectivity index (χ1v) is 7.21. The minimum Gasteiger partial charge on any atom is -0.458 e. The summed E-state index contributed by atoms with van der Waals surface area (Å²) < 4.78 is 5.76. The second-order valence-electron chi connectivity index (χ2n) is 4.80. The van der Waals surface area contributed by atoms with Crippen molar-refractivity contribution in [2.45, 2.75) is 19.4 Å². The van der Waals surface area contributed by atoms with E-state index in [-0.39, 0.29) is 0 Å². The van der Waals surface area contributed by atoms with Crippen molar-refractivity contribution in [3.8, 4) is 0 Å². The van der Waals surface area contributed by atoms with Crippen molar-refractivity contribution in [2.75, 3.05) is 0 Å². The number of fused-ring (bicyclic) bond motifs is 1. The molecular formula is C15H13ClO2S. The van der Waals surface area contributed by atoms with Crippen molar-refractivity contribution in [2.24, 2.45) is 0 Å². The molecule has 2 nitrogen and oxygen atoms in total. The van der Waals surface area contributed by atoms with E-state index in [0.29, 0.717) is 10.8 Å². The SMILES string of the molecule is Cc1ccsc1C(C)(O)c1cc2cc(Cl)ccc2o1. The second-order valence-corrected chi connectivity index (χ2v) is 6.15. The normalized spacial score (nSPS) is 14.7. The topological polar surface area (TPSA) is 33.4 Å². The highest BCUT2D eigenvalue weighted by atomic mass is 35.5. The summed E-state index contributed by atoms with van der Waals surface area (Å²) in [6.45, 7) is 3.74. The van der Waals surface area contributed by atoms with Crippen LogP contribution in [-0.2, 0) is 5.60 Å². The predicted octanol–water partition coefficient (Wildman–Crippen LogP) is 4.71. The van der Waals surface area contributed by atoms with Crippen LogP contribution in [0.3, 0.4) is 0 Å². The molecule has 2 aromatic heterocycles. The molecule has 0 radical (unpaired) electrons. The van der Waals surface area contributed by atoms with Crippen molar-refractivity contribution in [3.05, 3.63) is 56.9 Å². The second kappa shape index (κ2) is 4.37. The molecule has 1 N–H and O–H groups in total. The number of hydrogen-bond acceptors (Lipinski definition) is 3. The van der Waals surface area contributed by atoms with E-state index in [1.165, 1.54) is 11.3 Å². The van der Waals surface area contributed by atoms with Crippen LogP contribution in [0.2, 0.25) is 5.02 Å². The zero-order valence-corrected chi connectivity index (χ0v) is 12.2. The molecule has 0 fully saturated rings. The van der Waals surface area contributed by atoms with Gasteiger partial charge in [-0.3, -0.25) is 0 Å². The zero-order chi connectivity index (χ0) is 13.6. The van der Waals surface area contributed by atoms with E-state index in [1.54, 1.807) is 13.0 Å². The summed E-state index contributed by atoms with van der Waals surface area (Å²) in [6, 6.07) is 9.27. The van der Waals surface area contributed by atoms with Crippen LogP contribution in [-0.4, -0.2) is 5.11 Å². The molecule has 0 aliphatic carbocycles. The Kier molecular flexibility index (Phi) is 2.93. The Hall–Kier alpha value is -1.29. The van der Waals surface area contributed by atoms with Crippen LogP contribution in [0.4, 0.5) is 0 Å². The molecule has 4 heteroatoms. The number of benzene rings is 1.